The smallest absolute Gasteiger partial charge is 0.243 e. The van der Waals surface area contributed by atoms with E-state index in [2.05, 4.69) is 22.1 Å². The van der Waals surface area contributed by atoms with Crippen LogP contribution in [-0.2, 0) is 9.59 Å². The van der Waals surface area contributed by atoms with Gasteiger partial charge in [0.05, 0.1) is 6.21 Å². The fourth-order valence-corrected chi connectivity index (χ4v) is 4.59. The van der Waals surface area contributed by atoms with Crippen LogP contribution in [0.25, 0.3) is 11.3 Å². The van der Waals surface area contributed by atoms with E-state index >= 15 is 0 Å². The SMILES string of the molecule is C=CCN1C(=O)C(CC(=O)Nc2ccc(C)cc2)S/C1=N\N=C\c1ccc(-c2ccc(Cl)cc2)o1. The molecule has 1 aromatic heterocycles. The first-order valence-electron chi connectivity index (χ1n) is 10.8. The molecule has 3 aromatic rings. The number of furan rings is 1. The summed E-state index contributed by atoms with van der Waals surface area (Å²) in [4.78, 5) is 26.8. The summed E-state index contributed by atoms with van der Waals surface area (Å²) >= 11 is 7.14. The summed E-state index contributed by atoms with van der Waals surface area (Å²) in [7, 11) is 0. The lowest BCUT2D eigenvalue weighted by Crippen LogP contribution is -2.33. The summed E-state index contributed by atoms with van der Waals surface area (Å²) in [5.74, 6) is 0.742. The van der Waals surface area contributed by atoms with Gasteiger partial charge in [0.1, 0.15) is 16.8 Å². The number of aryl methyl sites for hydroxylation is 1. The van der Waals surface area contributed by atoms with Gasteiger partial charge in [0.15, 0.2) is 5.17 Å². The maximum Gasteiger partial charge on any atom is 0.243 e. The number of hydrogen-bond acceptors (Lipinski definition) is 6. The standard InChI is InChI=1S/C26H23ClN4O3S/c1-3-14-31-25(33)23(15-24(32)29-20-10-4-17(2)5-11-20)35-26(31)30-28-16-21-12-13-22(34-21)18-6-8-19(27)9-7-18/h3-13,16,23H,1,14-15H2,2H3,(H,29,32)/b28-16+,30-26-. The first kappa shape index (κ1) is 24.5. The zero-order valence-electron chi connectivity index (χ0n) is 19.0. The van der Waals surface area contributed by atoms with E-state index in [1.807, 2.05) is 49.4 Å². The summed E-state index contributed by atoms with van der Waals surface area (Å²) < 4.78 is 5.79. The van der Waals surface area contributed by atoms with Crippen LogP contribution in [0.5, 0.6) is 0 Å². The van der Waals surface area contributed by atoms with Gasteiger partial charge in [-0.3, -0.25) is 14.5 Å². The zero-order valence-corrected chi connectivity index (χ0v) is 20.6. The van der Waals surface area contributed by atoms with E-state index in [1.165, 1.54) is 22.9 Å². The molecule has 1 saturated heterocycles. The minimum Gasteiger partial charge on any atom is -0.455 e. The van der Waals surface area contributed by atoms with Gasteiger partial charge in [-0.1, -0.05) is 47.1 Å². The number of rotatable bonds is 8. The van der Waals surface area contributed by atoms with Crippen LogP contribution in [0.4, 0.5) is 5.69 Å². The molecule has 1 fully saturated rings. The lowest BCUT2D eigenvalue weighted by Gasteiger charge is -2.12. The number of carbonyl (C=O) groups excluding carboxylic acids is 2. The molecule has 0 spiro atoms. The van der Waals surface area contributed by atoms with Gasteiger partial charge in [-0.25, -0.2) is 0 Å². The number of benzene rings is 2. The second-order valence-corrected chi connectivity index (χ2v) is 9.40. The predicted molar refractivity (Wildman–Crippen MR) is 142 cm³/mol. The first-order valence-corrected chi connectivity index (χ1v) is 12.1. The molecule has 0 saturated carbocycles. The van der Waals surface area contributed by atoms with E-state index in [9.17, 15) is 9.59 Å². The molecule has 0 radical (unpaired) electrons. The summed E-state index contributed by atoms with van der Waals surface area (Å²) in [6.07, 6.45) is 3.11. The number of halogens is 1. The molecule has 1 aliphatic rings. The van der Waals surface area contributed by atoms with E-state index in [0.29, 0.717) is 27.4 Å². The molecule has 1 atom stereocenters. The van der Waals surface area contributed by atoms with Crippen LogP contribution >= 0.6 is 23.4 Å². The molecule has 1 unspecified atom stereocenters. The Balaban J connectivity index is 1.42. The Morgan fingerprint density at radius 3 is 2.63 bits per heavy atom. The van der Waals surface area contributed by atoms with Gasteiger partial charge in [0.2, 0.25) is 11.8 Å². The van der Waals surface area contributed by atoms with Gasteiger partial charge in [-0.2, -0.15) is 5.10 Å². The molecule has 2 heterocycles. The average molecular weight is 507 g/mol. The van der Waals surface area contributed by atoms with Gasteiger partial charge < -0.3 is 9.73 Å². The minimum atomic E-state index is -0.588. The molecule has 35 heavy (non-hydrogen) atoms. The molecule has 9 heteroatoms. The van der Waals surface area contributed by atoms with Gasteiger partial charge in [-0.05, 0) is 55.5 Å². The second-order valence-electron chi connectivity index (χ2n) is 7.80. The number of amidine groups is 1. The number of hydrogen-bond donors (Lipinski definition) is 1. The molecule has 1 N–H and O–H groups in total. The Bertz CT molecular complexity index is 1280. The summed E-state index contributed by atoms with van der Waals surface area (Å²) in [6, 6.07) is 18.4. The van der Waals surface area contributed by atoms with Crippen molar-refractivity contribution in [2.75, 3.05) is 11.9 Å². The molecule has 0 aliphatic carbocycles. The van der Waals surface area contributed by atoms with Gasteiger partial charge in [-0.15, -0.1) is 11.7 Å². The van der Waals surface area contributed by atoms with Crippen molar-refractivity contribution in [2.45, 2.75) is 18.6 Å². The van der Waals surface area contributed by atoms with E-state index in [0.717, 1.165) is 11.1 Å². The number of nitrogens with one attached hydrogen (secondary N) is 1. The molecule has 2 aromatic carbocycles. The monoisotopic (exact) mass is 506 g/mol. The molecule has 178 valence electrons. The van der Waals surface area contributed by atoms with Crippen LogP contribution in [0.2, 0.25) is 5.02 Å². The van der Waals surface area contributed by atoms with Gasteiger partial charge in [0.25, 0.3) is 0 Å². The van der Waals surface area contributed by atoms with Crippen LogP contribution in [0.3, 0.4) is 0 Å². The highest BCUT2D eigenvalue weighted by molar-refractivity contribution is 8.15. The Hall–Kier alpha value is -3.62. The summed E-state index contributed by atoms with van der Waals surface area (Å²) in [6.45, 7) is 5.96. The topological polar surface area (TPSA) is 87.3 Å². The van der Waals surface area contributed by atoms with Crippen LogP contribution < -0.4 is 5.32 Å². The minimum absolute atomic E-state index is 0.0242. The maximum absolute atomic E-state index is 12.9. The quantitative estimate of drug-likeness (QED) is 0.239. The largest absolute Gasteiger partial charge is 0.455 e. The Morgan fingerprint density at radius 2 is 1.91 bits per heavy atom. The van der Waals surface area contributed by atoms with Crippen molar-refractivity contribution >= 4 is 52.2 Å². The van der Waals surface area contributed by atoms with Crippen molar-refractivity contribution in [3.8, 4) is 11.3 Å². The van der Waals surface area contributed by atoms with Crippen LogP contribution in [0, 0.1) is 6.92 Å². The predicted octanol–water partition coefficient (Wildman–Crippen LogP) is 5.76. The fourth-order valence-electron chi connectivity index (χ4n) is 3.36. The Labute approximate surface area is 212 Å². The second kappa shape index (κ2) is 11.2. The Morgan fingerprint density at radius 1 is 1.17 bits per heavy atom. The van der Waals surface area contributed by atoms with Gasteiger partial charge in [0, 0.05) is 29.2 Å². The highest BCUT2D eigenvalue weighted by Crippen LogP contribution is 2.30. The van der Waals surface area contributed by atoms with Gasteiger partial charge >= 0.3 is 0 Å². The molecule has 4 rings (SSSR count). The molecule has 7 nitrogen and oxygen atoms in total. The molecule has 0 bridgehead atoms. The van der Waals surface area contributed by atoms with E-state index in [1.54, 1.807) is 24.3 Å². The number of carbonyl (C=O) groups is 2. The van der Waals surface area contributed by atoms with Crippen molar-refractivity contribution in [3.63, 3.8) is 0 Å². The Kier molecular flexibility index (Phi) is 7.84. The molecular weight excluding hydrogens is 484 g/mol. The summed E-state index contributed by atoms with van der Waals surface area (Å²) in [5.41, 5.74) is 2.68. The summed E-state index contributed by atoms with van der Waals surface area (Å²) in [5, 5.41) is 11.6. The highest BCUT2D eigenvalue weighted by Gasteiger charge is 2.38. The first-order chi connectivity index (χ1) is 16.9. The van der Waals surface area contributed by atoms with E-state index in [4.69, 9.17) is 16.0 Å². The molecule has 1 aliphatic heterocycles. The molecule has 2 amide bonds. The van der Waals surface area contributed by atoms with E-state index in [-0.39, 0.29) is 24.8 Å². The van der Waals surface area contributed by atoms with Crippen molar-refractivity contribution < 1.29 is 14.0 Å². The lowest BCUT2D eigenvalue weighted by atomic mass is 10.2. The van der Waals surface area contributed by atoms with Crippen LogP contribution in [-0.4, -0.2) is 39.9 Å². The lowest BCUT2D eigenvalue weighted by molar-refractivity contribution is -0.127. The third-order valence-electron chi connectivity index (χ3n) is 5.12. The van der Waals surface area contributed by atoms with Crippen molar-refractivity contribution in [3.05, 3.63) is 89.7 Å². The number of amides is 2. The number of nitrogens with zero attached hydrogens (tertiary/aromatic N) is 3. The van der Waals surface area contributed by atoms with Crippen LogP contribution in [0.15, 0.2) is 87.9 Å². The highest BCUT2D eigenvalue weighted by atomic mass is 35.5. The number of anilines is 1. The van der Waals surface area contributed by atoms with Crippen LogP contribution in [0.1, 0.15) is 17.7 Å². The normalized spacial score (nSPS) is 16.9. The third-order valence-corrected chi connectivity index (χ3v) is 6.54. The van der Waals surface area contributed by atoms with Crippen molar-refractivity contribution in [1.82, 2.24) is 4.90 Å². The average Bonchev–Trinajstić information content (AvgIpc) is 3.42. The zero-order chi connectivity index (χ0) is 24.8. The van der Waals surface area contributed by atoms with Crippen molar-refractivity contribution in [1.29, 1.82) is 0 Å². The third kappa shape index (κ3) is 6.29. The maximum atomic E-state index is 12.9. The fraction of sp³-hybridized carbons (Fsp3) is 0.154. The van der Waals surface area contributed by atoms with E-state index < -0.39 is 5.25 Å². The molecular formula is C26H23ClN4O3S. The van der Waals surface area contributed by atoms with Crippen molar-refractivity contribution in [2.24, 2.45) is 10.2 Å². The number of thioether (sulfide) groups is 1.